The molecule has 41 heavy (non-hydrogen) atoms. The van der Waals surface area contributed by atoms with Gasteiger partial charge in [0.05, 0.1) is 11.3 Å². The van der Waals surface area contributed by atoms with Crippen molar-refractivity contribution in [2.24, 2.45) is 0 Å². The molecule has 2 aromatic heterocycles. The second-order valence-electron chi connectivity index (χ2n) is 11.4. The zero-order chi connectivity index (χ0) is 28.0. The van der Waals surface area contributed by atoms with Crippen molar-refractivity contribution in [3.8, 4) is 0 Å². The number of pyridine rings is 1. The van der Waals surface area contributed by atoms with Crippen LogP contribution in [0.4, 0.5) is 17.3 Å². The molecular weight excluding hydrogens is 538 g/mol. The van der Waals surface area contributed by atoms with Gasteiger partial charge in [-0.1, -0.05) is 23.7 Å². The number of hydrogen-bond donors (Lipinski definition) is 2. The minimum Gasteiger partial charge on any atom is -0.385 e. The molecule has 0 spiro atoms. The molecule has 1 unspecified atom stereocenters. The summed E-state index contributed by atoms with van der Waals surface area (Å²) < 4.78 is 1.78. The van der Waals surface area contributed by atoms with Crippen LogP contribution in [0, 0.1) is 0 Å². The number of anilines is 3. The van der Waals surface area contributed by atoms with Crippen LogP contribution in [0.2, 0.25) is 5.02 Å². The lowest BCUT2D eigenvalue weighted by molar-refractivity contribution is 0.0118. The summed E-state index contributed by atoms with van der Waals surface area (Å²) in [5.41, 5.74) is 3.30. The van der Waals surface area contributed by atoms with Crippen molar-refractivity contribution in [2.75, 3.05) is 49.5 Å². The summed E-state index contributed by atoms with van der Waals surface area (Å²) in [4.78, 5) is 24.7. The average Bonchev–Trinajstić information content (AvgIpc) is 3.64. The van der Waals surface area contributed by atoms with Crippen LogP contribution in [-0.2, 0) is 5.60 Å². The van der Waals surface area contributed by atoms with Gasteiger partial charge in [-0.25, -0.2) is 4.52 Å². The Bertz CT molecular complexity index is 1550. The first-order valence-electron chi connectivity index (χ1n) is 14.4. The largest absolute Gasteiger partial charge is 0.385 e. The summed E-state index contributed by atoms with van der Waals surface area (Å²) in [6, 6.07) is 19.6. The fourth-order valence-corrected chi connectivity index (χ4v) is 6.67. The molecule has 212 valence electrons. The van der Waals surface area contributed by atoms with E-state index in [1.807, 2.05) is 71.8 Å². The van der Waals surface area contributed by atoms with Crippen molar-refractivity contribution < 1.29 is 9.90 Å². The molecule has 0 saturated carbocycles. The van der Waals surface area contributed by atoms with E-state index in [-0.39, 0.29) is 5.91 Å². The molecule has 2 N–H and O–H groups in total. The lowest BCUT2D eigenvalue weighted by Crippen LogP contribution is -2.52. The van der Waals surface area contributed by atoms with Crippen molar-refractivity contribution >= 4 is 40.5 Å². The van der Waals surface area contributed by atoms with Gasteiger partial charge < -0.3 is 20.2 Å². The second-order valence-corrected chi connectivity index (χ2v) is 11.8. The van der Waals surface area contributed by atoms with Crippen molar-refractivity contribution in [1.29, 1.82) is 0 Å². The van der Waals surface area contributed by atoms with Crippen LogP contribution in [-0.4, -0.2) is 80.7 Å². The zero-order valence-electron chi connectivity index (χ0n) is 22.9. The number of piperidine rings is 1. The third-order valence-corrected chi connectivity index (χ3v) is 9.17. The number of amides is 1. The van der Waals surface area contributed by atoms with Crippen molar-refractivity contribution in [3.05, 3.63) is 83.0 Å². The van der Waals surface area contributed by atoms with Crippen LogP contribution in [0.3, 0.4) is 0 Å². The Morgan fingerprint density at radius 1 is 0.976 bits per heavy atom. The van der Waals surface area contributed by atoms with Gasteiger partial charge in [-0.05, 0) is 86.3 Å². The highest BCUT2D eigenvalue weighted by Gasteiger charge is 2.35. The minimum absolute atomic E-state index is 0.100. The number of rotatable bonds is 5. The maximum Gasteiger partial charge on any atom is 0.253 e. The smallest absolute Gasteiger partial charge is 0.253 e. The normalized spacial score (nSPS) is 20.8. The van der Waals surface area contributed by atoms with Crippen LogP contribution in [0.1, 0.15) is 41.6 Å². The summed E-state index contributed by atoms with van der Waals surface area (Å²) in [5.74, 6) is 0.589. The van der Waals surface area contributed by atoms with Crippen molar-refractivity contribution in [2.45, 2.75) is 37.3 Å². The molecule has 0 radical (unpaired) electrons. The van der Waals surface area contributed by atoms with Crippen LogP contribution in [0.25, 0.3) is 5.65 Å². The molecule has 9 nitrogen and oxygen atoms in total. The average molecular weight is 572 g/mol. The van der Waals surface area contributed by atoms with Crippen molar-refractivity contribution in [1.82, 2.24) is 24.4 Å². The highest BCUT2D eigenvalue weighted by atomic mass is 35.5. The van der Waals surface area contributed by atoms with E-state index in [1.165, 1.54) is 12.8 Å². The number of halogens is 1. The number of piperazine rings is 1. The maximum atomic E-state index is 13.1. The van der Waals surface area contributed by atoms with Gasteiger partial charge in [-0.15, -0.1) is 5.10 Å². The SMILES string of the molecule is O=C(c1ccc(Nc2nc3c(N4CCC(O)(c5ccc(Cl)cc5)CC4)cccn3n2)cc1)N1CCN2CCCC2C1. The molecule has 0 aliphatic carbocycles. The summed E-state index contributed by atoms with van der Waals surface area (Å²) in [6.07, 6.45) is 5.52. The predicted octanol–water partition coefficient (Wildman–Crippen LogP) is 4.53. The topological polar surface area (TPSA) is 89.2 Å². The van der Waals surface area contributed by atoms with Gasteiger partial charge in [0.15, 0.2) is 5.65 Å². The number of benzene rings is 2. The fraction of sp³-hybridized carbons (Fsp3) is 0.387. The molecule has 0 bridgehead atoms. The molecule has 1 atom stereocenters. The van der Waals surface area contributed by atoms with Crippen LogP contribution < -0.4 is 10.2 Å². The standard InChI is InChI=1S/C31H34ClN7O2/c32-24-9-7-23(8-10-24)31(41)13-17-37(18-14-31)27-4-2-16-39-28(27)34-30(35-39)33-25-11-5-22(6-12-25)29(40)38-20-19-36-15-1-3-26(36)21-38/h2,4-12,16,26,41H,1,3,13-15,17-21H2,(H,33,35). The number of carbonyl (C=O) groups excluding carboxylic acids is 1. The molecule has 3 aliphatic rings. The van der Waals surface area contributed by atoms with E-state index in [2.05, 4.69) is 20.2 Å². The van der Waals surface area contributed by atoms with E-state index in [9.17, 15) is 9.90 Å². The molecule has 5 heterocycles. The van der Waals surface area contributed by atoms with E-state index in [4.69, 9.17) is 16.6 Å². The number of nitrogens with zero attached hydrogens (tertiary/aromatic N) is 6. The number of aliphatic hydroxyl groups is 1. The molecule has 7 rings (SSSR count). The Balaban J connectivity index is 1.02. The molecule has 10 heteroatoms. The molecule has 3 aliphatic heterocycles. The highest BCUT2D eigenvalue weighted by molar-refractivity contribution is 6.30. The number of carbonyl (C=O) groups is 1. The van der Waals surface area contributed by atoms with E-state index in [0.717, 1.165) is 48.8 Å². The highest BCUT2D eigenvalue weighted by Crippen LogP contribution is 2.36. The van der Waals surface area contributed by atoms with Gasteiger partial charge in [0, 0.05) is 61.2 Å². The molecule has 3 saturated heterocycles. The Morgan fingerprint density at radius 2 is 1.76 bits per heavy atom. The first-order valence-corrected chi connectivity index (χ1v) is 14.8. The van der Waals surface area contributed by atoms with Crippen LogP contribution in [0.5, 0.6) is 0 Å². The van der Waals surface area contributed by atoms with E-state index < -0.39 is 5.60 Å². The Morgan fingerprint density at radius 3 is 2.54 bits per heavy atom. The number of hydrogen-bond acceptors (Lipinski definition) is 7. The molecule has 3 fully saturated rings. The van der Waals surface area contributed by atoms with Crippen LogP contribution >= 0.6 is 11.6 Å². The Labute approximate surface area is 244 Å². The lowest BCUT2D eigenvalue weighted by atomic mass is 9.84. The third kappa shape index (κ3) is 5.14. The quantitative estimate of drug-likeness (QED) is 0.364. The van der Waals surface area contributed by atoms with Gasteiger partial charge in [0.25, 0.3) is 5.91 Å². The molecule has 2 aromatic carbocycles. The first kappa shape index (κ1) is 26.3. The summed E-state index contributed by atoms with van der Waals surface area (Å²) in [6.45, 7) is 5.14. The predicted molar refractivity (Wildman–Crippen MR) is 160 cm³/mol. The second kappa shape index (κ2) is 10.6. The van der Waals surface area contributed by atoms with E-state index >= 15 is 0 Å². The van der Waals surface area contributed by atoms with Gasteiger partial charge in [-0.3, -0.25) is 9.69 Å². The maximum absolute atomic E-state index is 13.1. The van der Waals surface area contributed by atoms with Crippen LogP contribution in [0.15, 0.2) is 66.9 Å². The molecule has 1 amide bonds. The monoisotopic (exact) mass is 571 g/mol. The van der Waals surface area contributed by atoms with Gasteiger partial charge in [0.2, 0.25) is 5.95 Å². The van der Waals surface area contributed by atoms with Gasteiger partial charge in [-0.2, -0.15) is 4.98 Å². The third-order valence-electron chi connectivity index (χ3n) is 8.92. The molecule has 4 aromatic rings. The Hall–Kier alpha value is -3.66. The number of fused-ring (bicyclic) bond motifs is 2. The summed E-state index contributed by atoms with van der Waals surface area (Å²) in [7, 11) is 0. The summed E-state index contributed by atoms with van der Waals surface area (Å²) >= 11 is 6.04. The zero-order valence-corrected chi connectivity index (χ0v) is 23.7. The number of nitrogens with one attached hydrogen (secondary N) is 1. The van der Waals surface area contributed by atoms with E-state index in [0.29, 0.717) is 48.5 Å². The van der Waals surface area contributed by atoms with Gasteiger partial charge in [0.1, 0.15) is 0 Å². The van der Waals surface area contributed by atoms with Gasteiger partial charge >= 0.3 is 0 Å². The lowest BCUT2D eigenvalue weighted by Gasteiger charge is -2.39. The summed E-state index contributed by atoms with van der Waals surface area (Å²) in [5, 5.41) is 19.9. The van der Waals surface area contributed by atoms with E-state index in [1.54, 1.807) is 4.52 Å². The Kier molecular flexibility index (Phi) is 6.81. The number of aromatic nitrogens is 3. The first-order chi connectivity index (χ1) is 19.9. The minimum atomic E-state index is -0.870. The van der Waals surface area contributed by atoms with Crippen molar-refractivity contribution in [3.63, 3.8) is 0 Å². The molecular formula is C31H34ClN7O2. The fourth-order valence-electron chi connectivity index (χ4n) is 6.54.